The van der Waals surface area contributed by atoms with E-state index in [1.54, 1.807) is 0 Å². The predicted molar refractivity (Wildman–Crippen MR) is 100 cm³/mol. The highest BCUT2D eigenvalue weighted by molar-refractivity contribution is 9.09. The monoisotopic (exact) mass is 390 g/mol. The van der Waals surface area contributed by atoms with Crippen LogP contribution in [0.3, 0.4) is 0 Å². The van der Waals surface area contributed by atoms with E-state index < -0.39 is 0 Å². The average Bonchev–Trinajstić information content (AvgIpc) is 2.97. The van der Waals surface area contributed by atoms with Crippen LogP contribution in [-0.2, 0) is 4.79 Å². The molecule has 1 aliphatic heterocycles. The number of fused-ring (bicyclic) bond motifs is 4. The van der Waals surface area contributed by atoms with Crippen molar-refractivity contribution in [3.8, 4) is 0 Å². The fraction of sp³-hybridized carbons (Fsp3) is 0.100. The lowest BCUT2D eigenvalue weighted by molar-refractivity contribution is -0.535. The Bertz CT molecular complexity index is 1110. The summed E-state index contributed by atoms with van der Waals surface area (Å²) < 4.78 is 1.83. The molecule has 1 unspecified atom stereocenters. The fourth-order valence-electron chi connectivity index (χ4n) is 3.75. The second-order valence-electron chi connectivity index (χ2n) is 6.11. The second kappa shape index (κ2) is 5.43. The molecule has 0 aromatic heterocycles. The van der Waals surface area contributed by atoms with E-state index in [4.69, 9.17) is 4.99 Å². The lowest BCUT2D eigenvalue weighted by Crippen LogP contribution is -2.23. The van der Waals surface area contributed by atoms with Gasteiger partial charge in [-0.3, -0.25) is 4.79 Å². The van der Waals surface area contributed by atoms with Crippen molar-refractivity contribution in [2.75, 3.05) is 5.33 Å². The number of hydrogen-bond acceptors (Lipinski definition) is 2. The SMILES string of the molecule is O=C(CBr)N=[N+]1c2ccccc2N=C2c3cccc4cccc(c34)C21. The Morgan fingerprint density at radius 1 is 1.08 bits per heavy atom. The van der Waals surface area contributed by atoms with Gasteiger partial charge in [-0.15, -0.1) is 0 Å². The highest BCUT2D eigenvalue weighted by atomic mass is 79.9. The summed E-state index contributed by atoms with van der Waals surface area (Å²) in [6.07, 6.45) is 0. The number of nitrogens with zero attached hydrogens (tertiary/aromatic N) is 3. The Morgan fingerprint density at radius 3 is 2.72 bits per heavy atom. The minimum absolute atomic E-state index is 0.168. The number of benzene rings is 3. The number of halogens is 1. The highest BCUT2D eigenvalue weighted by Gasteiger charge is 2.45. The van der Waals surface area contributed by atoms with Gasteiger partial charge in [0.15, 0.2) is 0 Å². The fourth-order valence-corrected chi connectivity index (χ4v) is 3.87. The third-order valence-electron chi connectivity index (χ3n) is 4.71. The van der Waals surface area contributed by atoms with Gasteiger partial charge in [0.1, 0.15) is 11.4 Å². The van der Waals surface area contributed by atoms with Crippen molar-refractivity contribution >= 4 is 49.7 Å². The smallest absolute Gasteiger partial charge is 0.265 e. The molecule has 120 valence electrons. The van der Waals surface area contributed by atoms with Crippen molar-refractivity contribution in [1.82, 2.24) is 0 Å². The third kappa shape index (κ3) is 2.05. The van der Waals surface area contributed by atoms with Gasteiger partial charge in [0.2, 0.25) is 0 Å². The van der Waals surface area contributed by atoms with Crippen LogP contribution in [-0.4, -0.2) is 21.6 Å². The maximum Gasteiger partial charge on any atom is 0.319 e. The molecule has 0 N–H and O–H groups in total. The number of carbonyl (C=O) groups is 1. The van der Waals surface area contributed by atoms with Gasteiger partial charge in [0.25, 0.3) is 11.7 Å². The van der Waals surface area contributed by atoms with Crippen LogP contribution in [0.4, 0.5) is 11.4 Å². The van der Waals surface area contributed by atoms with Gasteiger partial charge in [-0.25, -0.2) is 4.99 Å². The summed E-state index contributed by atoms with van der Waals surface area (Å²) in [6, 6.07) is 20.2. The summed E-state index contributed by atoms with van der Waals surface area (Å²) in [7, 11) is 0. The molecule has 0 bridgehead atoms. The van der Waals surface area contributed by atoms with Crippen LogP contribution in [0.25, 0.3) is 10.8 Å². The first kappa shape index (κ1) is 14.7. The standard InChI is InChI=1S/C20H13BrN3O/c21-11-17(25)23-24-16-10-2-1-9-15(16)22-19-13-7-3-5-12-6-4-8-14(18(12)13)20(19)24/h1-10,20H,11H2/q+1. The third-order valence-corrected chi connectivity index (χ3v) is 5.19. The predicted octanol–water partition coefficient (Wildman–Crippen LogP) is 5.05. The van der Waals surface area contributed by atoms with Gasteiger partial charge >= 0.3 is 5.91 Å². The zero-order valence-corrected chi connectivity index (χ0v) is 14.8. The average molecular weight is 391 g/mol. The van der Waals surface area contributed by atoms with Crippen LogP contribution in [0.15, 0.2) is 70.8 Å². The van der Waals surface area contributed by atoms with Gasteiger partial charge < -0.3 is 0 Å². The van der Waals surface area contributed by atoms with Crippen molar-refractivity contribution in [1.29, 1.82) is 0 Å². The van der Waals surface area contributed by atoms with Gasteiger partial charge in [-0.1, -0.05) is 69.2 Å². The van der Waals surface area contributed by atoms with E-state index in [0.717, 1.165) is 28.2 Å². The van der Waals surface area contributed by atoms with Gasteiger partial charge in [0, 0.05) is 27.7 Å². The molecule has 2 aliphatic rings. The molecule has 25 heavy (non-hydrogen) atoms. The van der Waals surface area contributed by atoms with E-state index in [9.17, 15) is 4.79 Å². The van der Waals surface area contributed by atoms with E-state index in [1.807, 2.05) is 29.0 Å². The molecule has 5 rings (SSSR count). The number of amides is 1. The molecule has 0 spiro atoms. The van der Waals surface area contributed by atoms with E-state index in [1.165, 1.54) is 10.8 Å². The molecular formula is C20H13BrN3O+. The second-order valence-corrected chi connectivity index (χ2v) is 6.67. The molecule has 1 atom stereocenters. The summed E-state index contributed by atoms with van der Waals surface area (Å²) in [6.45, 7) is 0. The molecule has 5 heteroatoms. The highest BCUT2D eigenvalue weighted by Crippen LogP contribution is 2.47. The van der Waals surface area contributed by atoms with Crippen molar-refractivity contribution in [3.05, 3.63) is 71.8 Å². The van der Waals surface area contributed by atoms with E-state index in [0.29, 0.717) is 0 Å². The zero-order valence-electron chi connectivity index (χ0n) is 13.2. The number of azo groups is 2. The Morgan fingerprint density at radius 2 is 1.88 bits per heavy atom. The summed E-state index contributed by atoms with van der Waals surface area (Å²) in [5.74, 6) is -0.209. The van der Waals surface area contributed by atoms with Gasteiger partial charge in [0.05, 0.1) is 5.33 Å². The molecule has 0 saturated carbocycles. The maximum absolute atomic E-state index is 12.1. The normalized spacial score (nSPS) is 18.8. The number of hydrogen-bond donors (Lipinski definition) is 0. The molecule has 0 fully saturated rings. The first-order valence-electron chi connectivity index (χ1n) is 8.07. The molecule has 0 radical (unpaired) electrons. The number of aliphatic imine (C=N–C) groups is 1. The van der Waals surface area contributed by atoms with Crippen LogP contribution < -0.4 is 0 Å². The molecule has 3 aromatic rings. The first-order chi connectivity index (χ1) is 12.3. The molecule has 3 aromatic carbocycles. The summed E-state index contributed by atoms with van der Waals surface area (Å²) >= 11 is 3.21. The van der Waals surface area contributed by atoms with Crippen molar-refractivity contribution in [2.24, 2.45) is 10.1 Å². The Labute approximate surface area is 152 Å². The van der Waals surface area contributed by atoms with Gasteiger partial charge in [-0.05, 0) is 11.5 Å². The van der Waals surface area contributed by atoms with Crippen LogP contribution in [0, 0.1) is 0 Å². The number of alkyl halides is 1. The maximum atomic E-state index is 12.1. The zero-order chi connectivity index (χ0) is 17.0. The summed E-state index contributed by atoms with van der Waals surface area (Å²) in [4.78, 5) is 17.0. The lowest BCUT2D eigenvalue weighted by Gasteiger charge is -2.16. The Hall–Kier alpha value is -2.66. The number of para-hydroxylation sites is 2. The molecule has 0 saturated heterocycles. The minimum atomic E-state index is -0.209. The van der Waals surface area contributed by atoms with Crippen molar-refractivity contribution in [3.63, 3.8) is 0 Å². The van der Waals surface area contributed by atoms with Crippen LogP contribution >= 0.6 is 15.9 Å². The first-order valence-corrected chi connectivity index (χ1v) is 9.19. The van der Waals surface area contributed by atoms with Gasteiger partial charge in [-0.2, -0.15) is 0 Å². The topological polar surface area (TPSA) is 44.8 Å². The lowest BCUT2D eigenvalue weighted by atomic mass is 10.0. The molecule has 1 heterocycles. The number of carbonyl (C=O) groups excluding carboxylic acids is 1. The van der Waals surface area contributed by atoms with E-state index in [2.05, 4.69) is 57.4 Å². The summed E-state index contributed by atoms with van der Waals surface area (Å²) in [5.41, 5.74) is 4.92. The Balaban J connectivity index is 1.87. The minimum Gasteiger partial charge on any atom is -0.265 e. The summed E-state index contributed by atoms with van der Waals surface area (Å²) in [5, 5.41) is 6.96. The van der Waals surface area contributed by atoms with Crippen LogP contribution in [0.1, 0.15) is 17.2 Å². The number of rotatable bonds is 1. The largest absolute Gasteiger partial charge is 0.319 e. The van der Waals surface area contributed by atoms with Crippen molar-refractivity contribution < 1.29 is 9.49 Å². The van der Waals surface area contributed by atoms with Crippen molar-refractivity contribution in [2.45, 2.75) is 6.04 Å². The Kier molecular flexibility index (Phi) is 3.18. The molecular weight excluding hydrogens is 378 g/mol. The molecule has 1 aliphatic carbocycles. The molecule has 4 nitrogen and oxygen atoms in total. The molecule has 1 amide bonds. The van der Waals surface area contributed by atoms with E-state index in [-0.39, 0.29) is 17.3 Å². The van der Waals surface area contributed by atoms with Crippen LogP contribution in [0.5, 0.6) is 0 Å². The quantitative estimate of drug-likeness (QED) is 0.423. The van der Waals surface area contributed by atoms with E-state index >= 15 is 0 Å². The van der Waals surface area contributed by atoms with Crippen LogP contribution in [0.2, 0.25) is 0 Å².